The highest BCUT2D eigenvalue weighted by Gasteiger charge is 2.07. The van der Waals surface area contributed by atoms with Crippen molar-refractivity contribution < 1.29 is 0 Å². The zero-order valence-corrected chi connectivity index (χ0v) is 9.45. The number of nitrogens with one attached hydrogen (secondary N) is 1. The normalized spacial score (nSPS) is 13.2. The van der Waals surface area contributed by atoms with E-state index in [1.165, 1.54) is 10.7 Å². The van der Waals surface area contributed by atoms with Crippen molar-refractivity contribution in [2.45, 2.75) is 39.2 Å². The molecule has 74 valence electrons. The fourth-order valence-electron chi connectivity index (χ4n) is 1.27. The molecule has 0 aliphatic rings. The van der Waals surface area contributed by atoms with E-state index in [4.69, 9.17) is 0 Å². The van der Waals surface area contributed by atoms with Crippen LogP contribution in [0.15, 0.2) is 5.38 Å². The van der Waals surface area contributed by atoms with E-state index >= 15 is 0 Å². The first-order valence-corrected chi connectivity index (χ1v) is 5.78. The maximum absolute atomic E-state index is 4.54. The molecule has 0 saturated heterocycles. The van der Waals surface area contributed by atoms with Gasteiger partial charge in [0.15, 0.2) is 0 Å². The van der Waals surface area contributed by atoms with Crippen molar-refractivity contribution in [2.75, 3.05) is 7.05 Å². The van der Waals surface area contributed by atoms with Gasteiger partial charge in [-0.3, -0.25) is 0 Å². The summed E-state index contributed by atoms with van der Waals surface area (Å²) in [6, 6.07) is 0.579. The average molecular weight is 198 g/mol. The van der Waals surface area contributed by atoms with Crippen LogP contribution < -0.4 is 5.32 Å². The molecule has 1 heterocycles. The van der Waals surface area contributed by atoms with Crippen molar-refractivity contribution >= 4 is 11.3 Å². The number of thiazole rings is 1. The SMILES string of the molecule is CCc1csc(CC(CC)NC)n1. The van der Waals surface area contributed by atoms with Gasteiger partial charge in [0.25, 0.3) is 0 Å². The lowest BCUT2D eigenvalue weighted by molar-refractivity contribution is 0.541. The average Bonchev–Trinajstić information content (AvgIpc) is 2.61. The summed E-state index contributed by atoms with van der Waals surface area (Å²) in [5, 5.41) is 6.72. The second-order valence-corrected chi connectivity index (χ2v) is 4.13. The summed E-state index contributed by atoms with van der Waals surface area (Å²) in [5.74, 6) is 0. The van der Waals surface area contributed by atoms with E-state index in [1.54, 1.807) is 11.3 Å². The van der Waals surface area contributed by atoms with Crippen molar-refractivity contribution in [3.05, 3.63) is 16.1 Å². The van der Waals surface area contributed by atoms with Gasteiger partial charge in [-0.1, -0.05) is 13.8 Å². The molecular formula is C10H18N2S. The van der Waals surface area contributed by atoms with Gasteiger partial charge in [-0.05, 0) is 19.9 Å². The van der Waals surface area contributed by atoms with Crippen LogP contribution in [0, 0.1) is 0 Å². The Balaban J connectivity index is 2.52. The van der Waals surface area contributed by atoms with Crippen LogP contribution in [0.25, 0.3) is 0 Å². The summed E-state index contributed by atoms with van der Waals surface area (Å²) in [4.78, 5) is 4.54. The third kappa shape index (κ3) is 3.08. The third-order valence-electron chi connectivity index (χ3n) is 2.28. The molecule has 1 N–H and O–H groups in total. The summed E-state index contributed by atoms with van der Waals surface area (Å²) in [6.07, 6.45) is 3.28. The molecular weight excluding hydrogens is 180 g/mol. The predicted molar refractivity (Wildman–Crippen MR) is 58.3 cm³/mol. The number of hydrogen-bond donors (Lipinski definition) is 1. The van der Waals surface area contributed by atoms with Gasteiger partial charge in [0.05, 0.1) is 10.7 Å². The predicted octanol–water partition coefficient (Wildman–Crippen LogP) is 2.25. The molecule has 0 bridgehead atoms. The highest BCUT2D eigenvalue weighted by molar-refractivity contribution is 7.09. The monoisotopic (exact) mass is 198 g/mol. The minimum Gasteiger partial charge on any atom is -0.317 e. The van der Waals surface area contributed by atoms with Gasteiger partial charge < -0.3 is 5.32 Å². The number of hydrogen-bond acceptors (Lipinski definition) is 3. The summed E-state index contributed by atoms with van der Waals surface area (Å²) in [6.45, 7) is 4.35. The summed E-state index contributed by atoms with van der Waals surface area (Å²) in [7, 11) is 2.02. The lowest BCUT2D eigenvalue weighted by Crippen LogP contribution is -2.26. The molecule has 1 atom stereocenters. The van der Waals surface area contributed by atoms with E-state index in [1.807, 2.05) is 7.05 Å². The first kappa shape index (κ1) is 10.7. The van der Waals surface area contributed by atoms with E-state index in [0.717, 1.165) is 19.3 Å². The second kappa shape index (κ2) is 5.35. The first-order chi connectivity index (χ1) is 6.30. The highest BCUT2D eigenvalue weighted by Crippen LogP contribution is 2.13. The molecule has 1 rings (SSSR count). The summed E-state index contributed by atoms with van der Waals surface area (Å²) in [5.41, 5.74) is 1.23. The number of rotatable bonds is 5. The minimum atomic E-state index is 0.579. The molecule has 2 nitrogen and oxygen atoms in total. The molecule has 3 heteroatoms. The smallest absolute Gasteiger partial charge is 0.0943 e. The van der Waals surface area contributed by atoms with Crippen LogP contribution in [0.4, 0.5) is 0 Å². The summed E-state index contributed by atoms with van der Waals surface area (Å²) < 4.78 is 0. The van der Waals surface area contributed by atoms with Crippen molar-refractivity contribution in [2.24, 2.45) is 0 Å². The van der Waals surface area contributed by atoms with Gasteiger partial charge in [-0.25, -0.2) is 4.98 Å². The van der Waals surface area contributed by atoms with Crippen molar-refractivity contribution in [3.8, 4) is 0 Å². The van der Waals surface area contributed by atoms with Crippen LogP contribution in [0.1, 0.15) is 31.0 Å². The Bertz CT molecular complexity index is 241. The number of likely N-dealkylation sites (N-methyl/N-ethyl adjacent to an activating group) is 1. The Hall–Kier alpha value is -0.410. The second-order valence-electron chi connectivity index (χ2n) is 3.18. The standard InChI is InChI=1S/C10H18N2S/c1-4-8(11-3)6-10-12-9(5-2)7-13-10/h7-8,11H,4-6H2,1-3H3. The van der Waals surface area contributed by atoms with E-state index in [-0.39, 0.29) is 0 Å². The first-order valence-electron chi connectivity index (χ1n) is 4.90. The van der Waals surface area contributed by atoms with Crippen LogP contribution in [0.2, 0.25) is 0 Å². The molecule has 0 radical (unpaired) electrons. The minimum absolute atomic E-state index is 0.579. The molecule has 1 aromatic heterocycles. The Labute approximate surface area is 84.4 Å². The molecule has 0 saturated carbocycles. The number of aryl methyl sites for hydroxylation is 1. The van der Waals surface area contributed by atoms with E-state index < -0.39 is 0 Å². The zero-order chi connectivity index (χ0) is 9.68. The molecule has 0 amide bonds. The maximum atomic E-state index is 4.54. The van der Waals surface area contributed by atoms with Gasteiger partial charge in [-0.15, -0.1) is 11.3 Å². The van der Waals surface area contributed by atoms with Gasteiger partial charge in [0, 0.05) is 17.8 Å². The van der Waals surface area contributed by atoms with Crippen LogP contribution >= 0.6 is 11.3 Å². The molecule has 0 spiro atoms. The third-order valence-corrected chi connectivity index (χ3v) is 3.20. The molecule has 0 aromatic carbocycles. The Morgan fingerprint density at radius 3 is 2.77 bits per heavy atom. The number of aromatic nitrogens is 1. The highest BCUT2D eigenvalue weighted by atomic mass is 32.1. The molecule has 0 fully saturated rings. The zero-order valence-electron chi connectivity index (χ0n) is 8.63. The van der Waals surface area contributed by atoms with Crippen molar-refractivity contribution in [1.29, 1.82) is 0 Å². The van der Waals surface area contributed by atoms with E-state index in [9.17, 15) is 0 Å². The Morgan fingerprint density at radius 1 is 1.54 bits per heavy atom. The topological polar surface area (TPSA) is 24.9 Å². The Kier molecular flexibility index (Phi) is 4.39. The van der Waals surface area contributed by atoms with Crippen LogP contribution in [0.5, 0.6) is 0 Å². The molecule has 1 aromatic rings. The van der Waals surface area contributed by atoms with Crippen molar-refractivity contribution in [1.82, 2.24) is 10.3 Å². The van der Waals surface area contributed by atoms with Gasteiger partial charge >= 0.3 is 0 Å². The van der Waals surface area contributed by atoms with Crippen LogP contribution in [-0.2, 0) is 12.8 Å². The summed E-state index contributed by atoms with van der Waals surface area (Å²) >= 11 is 1.78. The van der Waals surface area contributed by atoms with E-state index in [0.29, 0.717) is 6.04 Å². The fourth-order valence-corrected chi connectivity index (χ4v) is 2.23. The number of nitrogens with zero attached hydrogens (tertiary/aromatic N) is 1. The van der Waals surface area contributed by atoms with Gasteiger partial charge in [-0.2, -0.15) is 0 Å². The lowest BCUT2D eigenvalue weighted by Gasteiger charge is -2.10. The fraction of sp³-hybridized carbons (Fsp3) is 0.700. The Morgan fingerprint density at radius 2 is 2.31 bits per heavy atom. The molecule has 0 aliphatic heterocycles. The molecule has 0 aliphatic carbocycles. The largest absolute Gasteiger partial charge is 0.317 e. The lowest BCUT2D eigenvalue weighted by atomic mass is 10.2. The molecule has 1 unspecified atom stereocenters. The van der Waals surface area contributed by atoms with Gasteiger partial charge in [0.2, 0.25) is 0 Å². The molecule has 13 heavy (non-hydrogen) atoms. The van der Waals surface area contributed by atoms with Crippen LogP contribution in [0.3, 0.4) is 0 Å². The van der Waals surface area contributed by atoms with E-state index in [2.05, 4.69) is 29.5 Å². The van der Waals surface area contributed by atoms with Crippen molar-refractivity contribution in [3.63, 3.8) is 0 Å². The van der Waals surface area contributed by atoms with Crippen LogP contribution in [-0.4, -0.2) is 18.1 Å². The quantitative estimate of drug-likeness (QED) is 0.785. The van der Waals surface area contributed by atoms with Gasteiger partial charge in [0.1, 0.15) is 0 Å². The maximum Gasteiger partial charge on any atom is 0.0943 e.